The van der Waals surface area contributed by atoms with Gasteiger partial charge >= 0.3 is 0 Å². The number of benzene rings is 1. The quantitative estimate of drug-likeness (QED) is 0.868. The minimum Gasteiger partial charge on any atom is -0.395 e. The molecule has 0 atom stereocenters. The molecule has 0 bridgehead atoms. The van der Waals surface area contributed by atoms with Crippen molar-refractivity contribution in [2.45, 2.75) is 19.4 Å². The molecule has 1 aliphatic carbocycles. The number of hydrogen-bond donors (Lipinski definition) is 1. The van der Waals surface area contributed by atoms with Crippen LogP contribution in [0.3, 0.4) is 0 Å². The summed E-state index contributed by atoms with van der Waals surface area (Å²) in [5.41, 5.74) is 1.32. The van der Waals surface area contributed by atoms with Crippen LogP contribution in [0.2, 0.25) is 0 Å². The van der Waals surface area contributed by atoms with Crippen LogP contribution in [0.15, 0.2) is 28.7 Å². The summed E-state index contributed by atoms with van der Waals surface area (Å²) < 4.78 is 1.12. The molecule has 88 valence electrons. The molecule has 1 N–H and O–H groups in total. The maximum atomic E-state index is 9.04. The van der Waals surface area contributed by atoms with Crippen LogP contribution in [-0.4, -0.2) is 29.7 Å². The highest BCUT2D eigenvalue weighted by molar-refractivity contribution is 9.10. The Morgan fingerprint density at radius 2 is 1.94 bits per heavy atom. The van der Waals surface area contributed by atoms with Crippen molar-refractivity contribution in [1.29, 1.82) is 0 Å². The number of aliphatic hydroxyl groups is 1. The molecule has 1 saturated carbocycles. The second-order valence-electron chi connectivity index (χ2n) is 4.53. The third-order valence-electron chi connectivity index (χ3n) is 2.95. The van der Waals surface area contributed by atoms with Crippen LogP contribution in [0.1, 0.15) is 18.4 Å². The lowest BCUT2D eigenvalue weighted by atomic mass is 10.2. The topological polar surface area (TPSA) is 23.5 Å². The van der Waals surface area contributed by atoms with Crippen molar-refractivity contribution in [3.05, 3.63) is 34.3 Å². The molecule has 0 heterocycles. The van der Waals surface area contributed by atoms with Gasteiger partial charge in [0.2, 0.25) is 0 Å². The van der Waals surface area contributed by atoms with E-state index in [9.17, 15) is 0 Å². The highest BCUT2D eigenvalue weighted by Crippen LogP contribution is 2.30. The molecule has 0 radical (unpaired) electrons. The van der Waals surface area contributed by atoms with Crippen molar-refractivity contribution in [1.82, 2.24) is 4.90 Å². The van der Waals surface area contributed by atoms with Gasteiger partial charge in [0.05, 0.1) is 6.61 Å². The van der Waals surface area contributed by atoms with Gasteiger partial charge in [-0.05, 0) is 36.5 Å². The smallest absolute Gasteiger partial charge is 0.0558 e. The fourth-order valence-corrected chi connectivity index (χ4v) is 2.15. The van der Waals surface area contributed by atoms with Gasteiger partial charge in [0.25, 0.3) is 0 Å². The number of halogens is 1. The minimum atomic E-state index is 0.253. The highest BCUT2D eigenvalue weighted by Gasteiger charge is 2.23. The molecule has 2 rings (SSSR count). The van der Waals surface area contributed by atoms with Gasteiger partial charge in [-0.25, -0.2) is 0 Å². The second kappa shape index (κ2) is 5.80. The summed E-state index contributed by atoms with van der Waals surface area (Å²) in [5, 5.41) is 9.04. The van der Waals surface area contributed by atoms with E-state index in [0.29, 0.717) is 0 Å². The van der Waals surface area contributed by atoms with Gasteiger partial charge in [0.1, 0.15) is 0 Å². The molecule has 0 amide bonds. The molecule has 0 unspecified atom stereocenters. The Labute approximate surface area is 105 Å². The van der Waals surface area contributed by atoms with E-state index in [0.717, 1.165) is 30.0 Å². The summed E-state index contributed by atoms with van der Waals surface area (Å²) in [7, 11) is 0. The summed E-state index contributed by atoms with van der Waals surface area (Å²) in [5.74, 6) is 0.877. The number of rotatable bonds is 6. The van der Waals surface area contributed by atoms with Crippen molar-refractivity contribution < 1.29 is 5.11 Å². The van der Waals surface area contributed by atoms with Crippen LogP contribution in [0.5, 0.6) is 0 Å². The molecule has 0 spiro atoms. The first kappa shape index (κ1) is 12.1. The third kappa shape index (κ3) is 3.89. The van der Waals surface area contributed by atoms with E-state index in [2.05, 4.69) is 45.1 Å². The fourth-order valence-electron chi connectivity index (χ4n) is 1.89. The molecular weight excluding hydrogens is 266 g/mol. The summed E-state index contributed by atoms with van der Waals surface area (Å²) in [6, 6.07) is 8.43. The lowest BCUT2D eigenvalue weighted by Crippen LogP contribution is -2.28. The summed E-state index contributed by atoms with van der Waals surface area (Å²) >= 11 is 3.44. The molecule has 1 aromatic rings. The Morgan fingerprint density at radius 1 is 1.25 bits per heavy atom. The standard InChI is InChI=1S/C13H18BrNO/c14-13-5-3-12(4-6-13)10-15(7-8-16)9-11-1-2-11/h3-6,11,16H,1-2,7-10H2. The van der Waals surface area contributed by atoms with E-state index in [1.165, 1.54) is 18.4 Å². The van der Waals surface area contributed by atoms with E-state index < -0.39 is 0 Å². The first-order chi connectivity index (χ1) is 7.78. The Hall–Kier alpha value is -0.380. The van der Waals surface area contributed by atoms with E-state index >= 15 is 0 Å². The zero-order chi connectivity index (χ0) is 11.4. The van der Waals surface area contributed by atoms with Crippen LogP contribution in [0, 0.1) is 5.92 Å². The van der Waals surface area contributed by atoms with Crippen molar-refractivity contribution in [3.8, 4) is 0 Å². The summed E-state index contributed by atoms with van der Waals surface area (Å²) in [4.78, 5) is 2.35. The van der Waals surface area contributed by atoms with E-state index in [1.807, 2.05) is 0 Å². The van der Waals surface area contributed by atoms with Crippen molar-refractivity contribution >= 4 is 15.9 Å². The van der Waals surface area contributed by atoms with Crippen molar-refractivity contribution in [3.63, 3.8) is 0 Å². The molecular formula is C13H18BrNO. The molecule has 1 aromatic carbocycles. The minimum absolute atomic E-state index is 0.253. The molecule has 16 heavy (non-hydrogen) atoms. The zero-order valence-electron chi connectivity index (χ0n) is 9.40. The van der Waals surface area contributed by atoms with E-state index in [4.69, 9.17) is 5.11 Å². The molecule has 1 aliphatic rings. The lowest BCUT2D eigenvalue weighted by molar-refractivity contribution is 0.185. The average Bonchev–Trinajstić information content (AvgIpc) is 3.06. The van der Waals surface area contributed by atoms with Crippen LogP contribution in [-0.2, 0) is 6.54 Å². The van der Waals surface area contributed by atoms with Crippen LogP contribution >= 0.6 is 15.9 Å². The van der Waals surface area contributed by atoms with Crippen LogP contribution in [0.4, 0.5) is 0 Å². The molecule has 1 fully saturated rings. The summed E-state index contributed by atoms with van der Waals surface area (Å²) in [6.45, 7) is 3.12. The Kier molecular flexibility index (Phi) is 4.38. The first-order valence-electron chi connectivity index (χ1n) is 5.85. The van der Waals surface area contributed by atoms with Gasteiger partial charge in [0.15, 0.2) is 0 Å². The van der Waals surface area contributed by atoms with Crippen molar-refractivity contribution in [2.24, 2.45) is 5.92 Å². The normalized spacial score (nSPS) is 15.7. The lowest BCUT2D eigenvalue weighted by Gasteiger charge is -2.21. The predicted octanol–water partition coefficient (Wildman–Crippen LogP) is 2.65. The number of nitrogens with zero attached hydrogens (tertiary/aromatic N) is 1. The van der Waals surface area contributed by atoms with Crippen molar-refractivity contribution in [2.75, 3.05) is 19.7 Å². The van der Waals surface area contributed by atoms with Crippen LogP contribution < -0.4 is 0 Å². The Balaban J connectivity index is 1.90. The average molecular weight is 284 g/mol. The maximum Gasteiger partial charge on any atom is 0.0558 e. The van der Waals surface area contributed by atoms with E-state index in [-0.39, 0.29) is 6.61 Å². The molecule has 0 saturated heterocycles. The van der Waals surface area contributed by atoms with E-state index in [1.54, 1.807) is 0 Å². The molecule has 3 heteroatoms. The summed E-state index contributed by atoms with van der Waals surface area (Å²) in [6.07, 6.45) is 2.73. The second-order valence-corrected chi connectivity index (χ2v) is 5.44. The van der Waals surface area contributed by atoms with Gasteiger partial charge < -0.3 is 5.11 Å². The Bertz CT molecular complexity index is 321. The molecule has 0 aromatic heterocycles. The maximum absolute atomic E-state index is 9.04. The van der Waals surface area contributed by atoms with Gasteiger partial charge in [0, 0.05) is 24.1 Å². The monoisotopic (exact) mass is 283 g/mol. The largest absolute Gasteiger partial charge is 0.395 e. The number of hydrogen-bond acceptors (Lipinski definition) is 2. The van der Waals surface area contributed by atoms with Gasteiger partial charge in [-0.2, -0.15) is 0 Å². The van der Waals surface area contributed by atoms with Gasteiger partial charge in [-0.3, -0.25) is 4.90 Å². The Morgan fingerprint density at radius 3 is 2.50 bits per heavy atom. The number of aliphatic hydroxyl groups excluding tert-OH is 1. The highest BCUT2D eigenvalue weighted by atomic mass is 79.9. The first-order valence-corrected chi connectivity index (χ1v) is 6.65. The molecule has 0 aliphatic heterocycles. The van der Waals surface area contributed by atoms with Crippen LogP contribution in [0.25, 0.3) is 0 Å². The van der Waals surface area contributed by atoms with Gasteiger partial charge in [-0.15, -0.1) is 0 Å². The predicted molar refractivity (Wildman–Crippen MR) is 69.2 cm³/mol. The third-order valence-corrected chi connectivity index (χ3v) is 3.48. The zero-order valence-corrected chi connectivity index (χ0v) is 11.0. The van der Waals surface area contributed by atoms with Gasteiger partial charge in [-0.1, -0.05) is 28.1 Å². The molecule has 2 nitrogen and oxygen atoms in total. The fraction of sp³-hybridized carbons (Fsp3) is 0.538. The SMILES string of the molecule is OCCN(Cc1ccc(Br)cc1)CC1CC1.